The van der Waals surface area contributed by atoms with Crippen molar-refractivity contribution in [3.05, 3.63) is 35.9 Å². The topological polar surface area (TPSA) is 68.9 Å². The van der Waals surface area contributed by atoms with E-state index in [4.69, 9.17) is 15.2 Å². The van der Waals surface area contributed by atoms with Gasteiger partial charge in [-0.25, -0.2) is 4.99 Å². The summed E-state index contributed by atoms with van der Waals surface area (Å²) in [6.07, 6.45) is 0. The molecule has 1 heterocycles. The number of nitrogens with one attached hydrogen (secondary N) is 1. The molecule has 0 aliphatic carbocycles. The Balaban J connectivity index is 1.93. The molecule has 18 heavy (non-hydrogen) atoms. The van der Waals surface area contributed by atoms with E-state index in [1.807, 2.05) is 25.1 Å². The monoisotopic (exact) mass is 247 g/mol. The van der Waals surface area contributed by atoms with Crippen LogP contribution < -0.4 is 20.5 Å². The molecule has 0 bridgehead atoms. The van der Waals surface area contributed by atoms with E-state index in [0.717, 1.165) is 22.6 Å². The van der Waals surface area contributed by atoms with Crippen molar-refractivity contribution in [1.29, 1.82) is 0 Å². The molecular formula is C13H17N3O2. The maximum absolute atomic E-state index is 5.72. The van der Waals surface area contributed by atoms with Crippen LogP contribution in [0.3, 0.4) is 0 Å². The van der Waals surface area contributed by atoms with Gasteiger partial charge < -0.3 is 20.5 Å². The van der Waals surface area contributed by atoms with Crippen LogP contribution in [0.4, 0.5) is 0 Å². The average Bonchev–Trinajstić information content (AvgIpc) is 2.81. The predicted octanol–water partition coefficient (Wildman–Crippen LogP) is 1.40. The van der Waals surface area contributed by atoms with Crippen LogP contribution in [-0.2, 0) is 6.54 Å². The number of hydrogen-bond acceptors (Lipinski definition) is 3. The Kier molecular flexibility index (Phi) is 3.72. The van der Waals surface area contributed by atoms with E-state index in [-0.39, 0.29) is 6.79 Å². The summed E-state index contributed by atoms with van der Waals surface area (Å²) in [4.78, 5) is 4.24. The molecule has 0 amide bonds. The molecule has 0 saturated carbocycles. The van der Waals surface area contributed by atoms with Crippen LogP contribution in [0.15, 0.2) is 35.3 Å². The molecular weight excluding hydrogens is 230 g/mol. The van der Waals surface area contributed by atoms with Gasteiger partial charge in [-0.15, -0.1) is 0 Å². The minimum Gasteiger partial charge on any atom is -0.454 e. The Bertz CT molecular complexity index is 483. The second-order valence-corrected chi connectivity index (χ2v) is 4.20. The summed E-state index contributed by atoms with van der Waals surface area (Å²) in [5.74, 6) is 1.95. The largest absolute Gasteiger partial charge is 0.454 e. The molecule has 1 aromatic carbocycles. The molecule has 0 fully saturated rings. The summed E-state index contributed by atoms with van der Waals surface area (Å²) >= 11 is 0. The van der Waals surface area contributed by atoms with Crippen molar-refractivity contribution in [3.63, 3.8) is 0 Å². The number of benzene rings is 1. The zero-order valence-electron chi connectivity index (χ0n) is 10.4. The lowest BCUT2D eigenvalue weighted by molar-refractivity contribution is 0.174. The van der Waals surface area contributed by atoms with Crippen LogP contribution in [0, 0.1) is 0 Å². The van der Waals surface area contributed by atoms with E-state index >= 15 is 0 Å². The standard InChI is InChI=1S/C13H17N3O2/c1-9(2)6-15-13(14)16-7-10-3-4-11-12(5-10)18-8-17-11/h3-5H,1,6-8H2,2H3,(H3,14,15,16). The molecule has 3 N–H and O–H groups in total. The molecule has 0 unspecified atom stereocenters. The van der Waals surface area contributed by atoms with E-state index in [1.165, 1.54) is 0 Å². The van der Waals surface area contributed by atoms with Gasteiger partial charge in [-0.3, -0.25) is 0 Å². The van der Waals surface area contributed by atoms with Crippen molar-refractivity contribution >= 4 is 5.96 Å². The quantitative estimate of drug-likeness (QED) is 0.479. The normalized spacial score (nSPS) is 13.5. The van der Waals surface area contributed by atoms with Crippen LogP contribution in [-0.4, -0.2) is 19.3 Å². The molecule has 0 aromatic heterocycles. The second-order valence-electron chi connectivity index (χ2n) is 4.20. The van der Waals surface area contributed by atoms with Gasteiger partial charge >= 0.3 is 0 Å². The van der Waals surface area contributed by atoms with E-state index in [0.29, 0.717) is 19.0 Å². The Morgan fingerprint density at radius 2 is 2.22 bits per heavy atom. The molecule has 2 rings (SSSR count). The van der Waals surface area contributed by atoms with Gasteiger partial charge in [0, 0.05) is 6.54 Å². The highest BCUT2D eigenvalue weighted by molar-refractivity contribution is 5.78. The van der Waals surface area contributed by atoms with Gasteiger partial charge in [0.2, 0.25) is 6.79 Å². The van der Waals surface area contributed by atoms with Crippen LogP contribution in [0.5, 0.6) is 11.5 Å². The predicted molar refractivity (Wildman–Crippen MR) is 70.7 cm³/mol. The Hall–Kier alpha value is -2.17. The number of nitrogens with zero attached hydrogens (tertiary/aromatic N) is 1. The molecule has 0 radical (unpaired) electrons. The van der Waals surface area contributed by atoms with Crippen molar-refractivity contribution in [2.45, 2.75) is 13.5 Å². The summed E-state index contributed by atoms with van der Waals surface area (Å²) in [6, 6.07) is 5.74. The van der Waals surface area contributed by atoms with Gasteiger partial charge in [-0.05, 0) is 24.6 Å². The fraction of sp³-hybridized carbons (Fsp3) is 0.308. The van der Waals surface area contributed by atoms with Crippen molar-refractivity contribution in [1.82, 2.24) is 5.32 Å². The lowest BCUT2D eigenvalue weighted by Gasteiger charge is -2.05. The first kappa shape index (κ1) is 12.3. The Labute approximate surface area is 106 Å². The van der Waals surface area contributed by atoms with Crippen LogP contribution in [0.1, 0.15) is 12.5 Å². The second kappa shape index (κ2) is 5.44. The van der Waals surface area contributed by atoms with E-state index < -0.39 is 0 Å². The highest BCUT2D eigenvalue weighted by Gasteiger charge is 2.12. The maximum atomic E-state index is 5.72. The molecule has 5 nitrogen and oxygen atoms in total. The summed E-state index contributed by atoms with van der Waals surface area (Å²) in [7, 11) is 0. The first-order chi connectivity index (χ1) is 8.65. The van der Waals surface area contributed by atoms with Crippen molar-refractivity contribution in [2.75, 3.05) is 13.3 Å². The molecule has 5 heteroatoms. The summed E-state index contributed by atoms with van der Waals surface area (Å²) in [5.41, 5.74) is 7.76. The summed E-state index contributed by atoms with van der Waals surface area (Å²) in [6.45, 7) is 7.13. The third-order valence-electron chi connectivity index (χ3n) is 2.44. The number of rotatable bonds is 4. The molecule has 1 aromatic rings. The minimum atomic E-state index is 0.282. The van der Waals surface area contributed by atoms with Gasteiger partial charge in [0.25, 0.3) is 0 Å². The SMILES string of the molecule is C=C(C)CNC(N)=NCc1ccc2c(c1)OCO2. The van der Waals surface area contributed by atoms with Crippen LogP contribution >= 0.6 is 0 Å². The zero-order chi connectivity index (χ0) is 13.0. The average molecular weight is 247 g/mol. The van der Waals surface area contributed by atoms with E-state index in [1.54, 1.807) is 0 Å². The number of guanidine groups is 1. The molecule has 96 valence electrons. The number of hydrogen-bond donors (Lipinski definition) is 2. The zero-order valence-corrected chi connectivity index (χ0v) is 10.4. The van der Waals surface area contributed by atoms with Gasteiger partial charge in [-0.1, -0.05) is 18.2 Å². The third kappa shape index (κ3) is 3.16. The highest BCUT2D eigenvalue weighted by Crippen LogP contribution is 2.32. The lowest BCUT2D eigenvalue weighted by atomic mass is 10.2. The van der Waals surface area contributed by atoms with Crippen LogP contribution in [0.25, 0.3) is 0 Å². The number of fused-ring (bicyclic) bond motifs is 1. The smallest absolute Gasteiger partial charge is 0.231 e. The van der Waals surface area contributed by atoms with Crippen molar-refractivity contribution < 1.29 is 9.47 Å². The van der Waals surface area contributed by atoms with Gasteiger partial charge in [0.1, 0.15) is 0 Å². The third-order valence-corrected chi connectivity index (χ3v) is 2.44. The summed E-state index contributed by atoms with van der Waals surface area (Å²) < 4.78 is 10.5. The first-order valence-electron chi connectivity index (χ1n) is 5.72. The molecule has 0 atom stereocenters. The Morgan fingerprint density at radius 3 is 3.00 bits per heavy atom. The first-order valence-corrected chi connectivity index (χ1v) is 5.72. The fourth-order valence-electron chi connectivity index (χ4n) is 1.51. The van der Waals surface area contributed by atoms with Gasteiger partial charge in [0.15, 0.2) is 17.5 Å². The van der Waals surface area contributed by atoms with Crippen molar-refractivity contribution in [3.8, 4) is 11.5 Å². The number of aliphatic imine (C=N–C) groups is 1. The number of ether oxygens (including phenoxy) is 2. The van der Waals surface area contributed by atoms with E-state index in [2.05, 4.69) is 16.9 Å². The lowest BCUT2D eigenvalue weighted by Crippen LogP contribution is -2.32. The van der Waals surface area contributed by atoms with E-state index in [9.17, 15) is 0 Å². The molecule has 1 aliphatic heterocycles. The number of nitrogens with two attached hydrogens (primary N) is 1. The van der Waals surface area contributed by atoms with Gasteiger partial charge in [-0.2, -0.15) is 0 Å². The maximum Gasteiger partial charge on any atom is 0.231 e. The fourth-order valence-corrected chi connectivity index (χ4v) is 1.51. The van der Waals surface area contributed by atoms with Crippen molar-refractivity contribution in [2.24, 2.45) is 10.7 Å². The molecule has 0 saturated heterocycles. The molecule has 0 spiro atoms. The molecule has 1 aliphatic rings. The Morgan fingerprint density at radius 1 is 1.44 bits per heavy atom. The highest BCUT2D eigenvalue weighted by atomic mass is 16.7. The van der Waals surface area contributed by atoms with Crippen LogP contribution in [0.2, 0.25) is 0 Å². The van der Waals surface area contributed by atoms with Gasteiger partial charge in [0.05, 0.1) is 6.54 Å². The minimum absolute atomic E-state index is 0.282. The summed E-state index contributed by atoms with van der Waals surface area (Å²) in [5, 5.41) is 2.98.